The van der Waals surface area contributed by atoms with Crippen LogP contribution in [-0.2, 0) is 16.0 Å². The number of carbonyl (C=O) groups is 2. The van der Waals surface area contributed by atoms with E-state index in [1.54, 1.807) is 4.90 Å². The summed E-state index contributed by atoms with van der Waals surface area (Å²) in [5.41, 5.74) is 3.91. The maximum Gasteiger partial charge on any atom is 0.229 e. The van der Waals surface area contributed by atoms with Crippen LogP contribution < -0.4 is 10.2 Å². The van der Waals surface area contributed by atoms with Gasteiger partial charge in [-0.15, -0.1) is 0 Å². The van der Waals surface area contributed by atoms with Crippen LogP contribution in [0.2, 0.25) is 0 Å². The average molecular weight is 322 g/mol. The topological polar surface area (TPSA) is 49.4 Å². The van der Waals surface area contributed by atoms with Crippen molar-refractivity contribution in [2.24, 2.45) is 5.92 Å². The standard InChI is InChI=1S/C20H22N2O2/c1-3-15-8-4-5-10-18(15)21-20(24)16-12-19(23)22(13-16)17-9-6-7-14(2)11-17/h4-11,16H,3,12-13H2,1-2H3,(H,21,24)/t16-/m0/s1. The minimum Gasteiger partial charge on any atom is -0.326 e. The highest BCUT2D eigenvalue weighted by atomic mass is 16.2. The summed E-state index contributed by atoms with van der Waals surface area (Å²) in [7, 11) is 0. The van der Waals surface area contributed by atoms with Crippen molar-refractivity contribution in [2.45, 2.75) is 26.7 Å². The first kappa shape index (κ1) is 16.2. The molecule has 4 heteroatoms. The van der Waals surface area contributed by atoms with Crippen molar-refractivity contribution in [3.05, 3.63) is 59.7 Å². The molecule has 3 rings (SSSR count). The molecule has 2 amide bonds. The zero-order valence-corrected chi connectivity index (χ0v) is 14.1. The second kappa shape index (κ2) is 6.87. The molecule has 1 heterocycles. The fourth-order valence-corrected chi connectivity index (χ4v) is 3.11. The number of anilines is 2. The molecular formula is C20H22N2O2. The third-order valence-corrected chi connectivity index (χ3v) is 4.47. The molecule has 0 spiro atoms. The smallest absolute Gasteiger partial charge is 0.229 e. The largest absolute Gasteiger partial charge is 0.326 e. The maximum absolute atomic E-state index is 12.6. The Morgan fingerprint density at radius 2 is 2.00 bits per heavy atom. The Bertz CT molecular complexity index is 770. The molecule has 1 saturated heterocycles. The Balaban J connectivity index is 1.72. The van der Waals surface area contributed by atoms with Gasteiger partial charge in [0.1, 0.15) is 0 Å². The van der Waals surface area contributed by atoms with Gasteiger partial charge < -0.3 is 10.2 Å². The van der Waals surface area contributed by atoms with Crippen LogP contribution in [0.15, 0.2) is 48.5 Å². The van der Waals surface area contributed by atoms with Gasteiger partial charge in [0.2, 0.25) is 11.8 Å². The summed E-state index contributed by atoms with van der Waals surface area (Å²) in [6, 6.07) is 15.6. The first-order chi connectivity index (χ1) is 11.6. The van der Waals surface area contributed by atoms with Gasteiger partial charge in [-0.05, 0) is 42.7 Å². The molecule has 124 valence electrons. The first-order valence-electron chi connectivity index (χ1n) is 8.34. The van der Waals surface area contributed by atoms with Crippen molar-refractivity contribution >= 4 is 23.2 Å². The maximum atomic E-state index is 12.6. The van der Waals surface area contributed by atoms with Crippen LogP contribution in [0.4, 0.5) is 11.4 Å². The Kier molecular flexibility index (Phi) is 4.65. The van der Waals surface area contributed by atoms with Gasteiger partial charge in [0, 0.05) is 24.3 Å². The summed E-state index contributed by atoms with van der Waals surface area (Å²) in [4.78, 5) is 26.6. The minimum atomic E-state index is -0.317. The lowest BCUT2D eigenvalue weighted by Gasteiger charge is -2.17. The monoisotopic (exact) mass is 322 g/mol. The summed E-state index contributed by atoms with van der Waals surface area (Å²) in [6.45, 7) is 4.49. The molecule has 2 aromatic rings. The van der Waals surface area contributed by atoms with Gasteiger partial charge in [-0.2, -0.15) is 0 Å². The van der Waals surface area contributed by atoms with E-state index >= 15 is 0 Å². The highest BCUT2D eigenvalue weighted by Gasteiger charge is 2.35. The minimum absolute atomic E-state index is 0.00419. The van der Waals surface area contributed by atoms with Crippen molar-refractivity contribution in [1.29, 1.82) is 0 Å². The third kappa shape index (κ3) is 3.32. The summed E-state index contributed by atoms with van der Waals surface area (Å²) in [6.07, 6.45) is 1.11. The van der Waals surface area contributed by atoms with Crippen LogP contribution in [0.1, 0.15) is 24.5 Å². The van der Waals surface area contributed by atoms with Crippen molar-refractivity contribution in [3.63, 3.8) is 0 Å². The lowest BCUT2D eigenvalue weighted by atomic mass is 10.1. The number of aryl methyl sites for hydroxylation is 2. The highest BCUT2D eigenvalue weighted by Crippen LogP contribution is 2.27. The van der Waals surface area contributed by atoms with Crippen LogP contribution >= 0.6 is 0 Å². The third-order valence-electron chi connectivity index (χ3n) is 4.47. The number of carbonyl (C=O) groups excluding carboxylic acids is 2. The van der Waals surface area contributed by atoms with E-state index < -0.39 is 0 Å². The average Bonchev–Trinajstić information content (AvgIpc) is 2.97. The molecule has 1 atom stereocenters. The predicted octanol–water partition coefficient (Wildman–Crippen LogP) is 3.55. The van der Waals surface area contributed by atoms with Gasteiger partial charge in [0.25, 0.3) is 0 Å². The molecule has 0 radical (unpaired) electrons. The number of nitrogens with one attached hydrogen (secondary N) is 1. The molecular weight excluding hydrogens is 300 g/mol. The van der Waals surface area contributed by atoms with E-state index in [0.29, 0.717) is 6.54 Å². The lowest BCUT2D eigenvalue weighted by molar-refractivity contribution is -0.122. The molecule has 0 bridgehead atoms. The molecule has 0 unspecified atom stereocenters. The molecule has 4 nitrogen and oxygen atoms in total. The summed E-state index contributed by atoms with van der Waals surface area (Å²) >= 11 is 0. The Morgan fingerprint density at radius 1 is 1.21 bits per heavy atom. The van der Waals surface area contributed by atoms with Crippen molar-refractivity contribution in [1.82, 2.24) is 0 Å². The molecule has 1 aliphatic heterocycles. The van der Waals surface area contributed by atoms with E-state index in [2.05, 4.69) is 12.2 Å². The van der Waals surface area contributed by atoms with Gasteiger partial charge in [-0.3, -0.25) is 9.59 Å². The predicted molar refractivity (Wildman–Crippen MR) is 96.1 cm³/mol. The van der Waals surface area contributed by atoms with Crippen LogP contribution in [0, 0.1) is 12.8 Å². The van der Waals surface area contributed by atoms with Gasteiger partial charge in [-0.25, -0.2) is 0 Å². The fraction of sp³-hybridized carbons (Fsp3) is 0.300. The van der Waals surface area contributed by atoms with E-state index in [9.17, 15) is 9.59 Å². The van der Waals surface area contributed by atoms with Crippen LogP contribution in [0.3, 0.4) is 0 Å². The number of amides is 2. The van der Waals surface area contributed by atoms with E-state index in [1.165, 1.54) is 0 Å². The van der Waals surface area contributed by atoms with Crippen LogP contribution in [0.25, 0.3) is 0 Å². The van der Waals surface area contributed by atoms with Crippen LogP contribution in [0.5, 0.6) is 0 Å². The fourth-order valence-electron chi connectivity index (χ4n) is 3.11. The van der Waals surface area contributed by atoms with E-state index in [4.69, 9.17) is 0 Å². The Labute approximate surface area is 142 Å². The molecule has 0 saturated carbocycles. The molecule has 1 N–H and O–H groups in total. The number of hydrogen-bond acceptors (Lipinski definition) is 2. The Morgan fingerprint density at radius 3 is 2.75 bits per heavy atom. The molecule has 1 fully saturated rings. The quantitative estimate of drug-likeness (QED) is 0.936. The summed E-state index contributed by atoms with van der Waals surface area (Å²) in [5, 5.41) is 2.99. The van der Waals surface area contributed by atoms with E-state index in [1.807, 2.05) is 55.5 Å². The molecule has 1 aliphatic rings. The number of para-hydroxylation sites is 1. The number of benzene rings is 2. The highest BCUT2D eigenvalue weighted by molar-refractivity contribution is 6.03. The lowest BCUT2D eigenvalue weighted by Crippen LogP contribution is -2.28. The molecule has 2 aromatic carbocycles. The number of rotatable bonds is 4. The summed E-state index contributed by atoms with van der Waals surface area (Å²) < 4.78 is 0. The first-order valence-corrected chi connectivity index (χ1v) is 8.34. The van der Waals surface area contributed by atoms with Crippen molar-refractivity contribution in [2.75, 3.05) is 16.8 Å². The number of hydrogen-bond donors (Lipinski definition) is 1. The van der Waals surface area contributed by atoms with Gasteiger partial charge in [0.15, 0.2) is 0 Å². The molecule has 0 aromatic heterocycles. The normalized spacial score (nSPS) is 17.2. The second-order valence-electron chi connectivity index (χ2n) is 6.24. The zero-order valence-electron chi connectivity index (χ0n) is 14.1. The van der Waals surface area contributed by atoms with Gasteiger partial charge in [-0.1, -0.05) is 37.3 Å². The Hall–Kier alpha value is -2.62. The summed E-state index contributed by atoms with van der Waals surface area (Å²) in [5.74, 6) is -0.396. The zero-order chi connectivity index (χ0) is 17.1. The van der Waals surface area contributed by atoms with Crippen molar-refractivity contribution in [3.8, 4) is 0 Å². The van der Waals surface area contributed by atoms with E-state index in [-0.39, 0.29) is 24.2 Å². The van der Waals surface area contributed by atoms with Crippen molar-refractivity contribution < 1.29 is 9.59 Å². The van der Waals surface area contributed by atoms with Gasteiger partial charge >= 0.3 is 0 Å². The molecule has 24 heavy (non-hydrogen) atoms. The van der Waals surface area contributed by atoms with Crippen LogP contribution in [-0.4, -0.2) is 18.4 Å². The second-order valence-corrected chi connectivity index (χ2v) is 6.24. The molecule has 0 aliphatic carbocycles. The van der Waals surface area contributed by atoms with Gasteiger partial charge in [0.05, 0.1) is 5.92 Å². The number of nitrogens with zero attached hydrogens (tertiary/aromatic N) is 1. The SMILES string of the molecule is CCc1ccccc1NC(=O)[C@H]1CC(=O)N(c2cccc(C)c2)C1. The van der Waals surface area contributed by atoms with E-state index in [0.717, 1.165) is 28.9 Å².